The summed E-state index contributed by atoms with van der Waals surface area (Å²) in [6.07, 6.45) is 0. The molecule has 0 unspecified atom stereocenters. The molecule has 0 aliphatic carbocycles. The van der Waals surface area contributed by atoms with Crippen molar-refractivity contribution >= 4 is 21.4 Å². The van der Waals surface area contributed by atoms with Crippen molar-refractivity contribution in [3.63, 3.8) is 0 Å². The van der Waals surface area contributed by atoms with Crippen molar-refractivity contribution in [1.29, 1.82) is 0 Å². The van der Waals surface area contributed by atoms with Crippen molar-refractivity contribution in [1.82, 2.24) is 5.32 Å². The van der Waals surface area contributed by atoms with E-state index >= 15 is 0 Å². The number of hydrogen-bond acceptors (Lipinski definition) is 4. The minimum absolute atomic E-state index is 0.269. The molecule has 0 bridgehead atoms. The van der Waals surface area contributed by atoms with Crippen LogP contribution in [0, 0.1) is 0 Å². The molecule has 1 aliphatic heterocycles. The fourth-order valence-corrected chi connectivity index (χ4v) is 3.64. The van der Waals surface area contributed by atoms with Crippen LogP contribution in [0.4, 0.5) is 11.4 Å². The van der Waals surface area contributed by atoms with E-state index in [1.165, 1.54) is 0 Å². The molecule has 2 aromatic rings. The zero-order valence-corrected chi connectivity index (χ0v) is 13.0. The molecule has 22 heavy (non-hydrogen) atoms. The SMILES string of the molecule is O=S(=O)(Nc1ccccc1N1CCNCC1)c1ccccc1. The first-order chi connectivity index (χ1) is 10.7. The number of sulfonamides is 1. The maximum absolute atomic E-state index is 12.5. The van der Waals surface area contributed by atoms with Gasteiger partial charge in [0, 0.05) is 26.2 Å². The van der Waals surface area contributed by atoms with Gasteiger partial charge in [0.05, 0.1) is 16.3 Å². The van der Waals surface area contributed by atoms with E-state index in [1.807, 2.05) is 18.2 Å². The number of hydrogen-bond donors (Lipinski definition) is 2. The molecule has 6 heteroatoms. The van der Waals surface area contributed by atoms with Crippen LogP contribution >= 0.6 is 0 Å². The molecule has 3 rings (SSSR count). The van der Waals surface area contributed by atoms with Gasteiger partial charge >= 0.3 is 0 Å². The van der Waals surface area contributed by atoms with Gasteiger partial charge in [-0.05, 0) is 24.3 Å². The molecule has 0 aromatic heterocycles. The molecule has 116 valence electrons. The molecule has 0 amide bonds. The summed E-state index contributed by atoms with van der Waals surface area (Å²) in [7, 11) is -3.57. The van der Waals surface area contributed by atoms with Crippen LogP contribution in [0.2, 0.25) is 0 Å². The van der Waals surface area contributed by atoms with E-state index in [0.29, 0.717) is 5.69 Å². The molecular formula is C16H19N3O2S. The molecular weight excluding hydrogens is 298 g/mol. The molecule has 2 aromatic carbocycles. The molecule has 2 N–H and O–H groups in total. The molecule has 0 spiro atoms. The minimum atomic E-state index is -3.57. The molecule has 0 saturated carbocycles. The Morgan fingerprint density at radius 1 is 0.909 bits per heavy atom. The average molecular weight is 317 g/mol. The van der Waals surface area contributed by atoms with E-state index in [9.17, 15) is 8.42 Å². The standard InChI is InChI=1S/C16H19N3O2S/c20-22(21,14-6-2-1-3-7-14)18-15-8-4-5-9-16(15)19-12-10-17-11-13-19/h1-9,17-18H,10-13H2. The Labute approximate surface area is 131 Å². The second-order valence-corrected chi connectivity index (χ2v) is 6.86. The first kappa shape index (κ1) is 14.9. The number of anilines is 2. The van der Waals surface area contributed by atoms with Crippen molar-refractivity contribution in [2.75, 3.05) is 35.8 Å². The maximum atomic E-state index is 12.5. The largest absolute Gasteiger partial charge is 0.367 e. The fourth-order valence-electron chi connectivity index (χ4n) is 2.54. The summed E-state index contributed by atoms with van der Waals surface area (Å²) in [5.41, 5.74) is 1.54. The van der Waals surface area contributed by atoms with Crippen LogP contribution in [0.1, 0.15) is 0 Å². The lowest BCUT2D eigenvalue weighted by Gasteiger charge is -2.31. The molecule has 1 aliphatic rings. The fraction of sp³-hybridized carbons (Fsp3) is 0.250. The number of nitrogens with one attached hydrogen (secondary N) is 2. The van der Waals surface area contributed by atoms with Gasteiger partial charge in [-0.3, -0.25) is 4.72 Å². The molecule has 0 radical (unpaired) electrons. The van der Waals surface area contributed by atoms with Crippen molar-refractivity contribution in [3.05, 3.63) is 54.6 Å². The van der Waals surface area contributed by atoms with E-state index in [2.05, 4.69) is 14.9 Å². The van der Waals surface area contributed by atoms with Gasteiger partial charge < -0.3 is 10.2 Å². The van der Waals surface area contributed by atoms with E-state index < -0.39 is 10.0 Å². The Balaban J connectivity index is 1.89. The summed E-state index contributed by atoms with van der Waals surface area (Å²) < 4.78 is 27.7. The predicted molar refractivity (Wildman–Crippen MR) is 88.8 cm³/mol. The topological polar surface area (TPSA) is 61.4 Å². The average Bonchev–Trinajstić information content (AvgIpc) is 2.57. The second-order valence-electron chi connectivity index (χ2n) is 5.17. The highest BCUT2D eigenvalue weighted by molar-refractivity contribution is 7.92. The van der Waals surface area contributed by atoms with Crippen LogP contribution in [0.15, 0.2) is 59.5 Å². The minimum Gasteiger partial charge on any atom is -0.367 e. The number of benzene rings is 2. The third kappa shape index (κ3) is 3.23. The van der Waals surface area contributed by atoms with Gasteiger partial charge in [-0.25, -0.2) is 8.42 Å². The van der Waals surface area contributed by atoms with Crippen LogP contribution in [0.5, 0.6) is 0 Å². The Bertz CT molecular complexity index is 726. The van der Waals surface area contributed by atoms with E-state index in [1.54, 1.807) is 36.4 Å². The Morgan fingerprint density at radius 2 is 1.55 bits per heavy atom. The molecule has 5 nitrogen and oxygen atoms in total. The summed E-state index contributed by atoms with van der Waals surface area (Å²) in [6, 6.07) is 15.9. The van der Waals surface area contributed by atoms with E-state index in [0.717, 1.165) is 31.9 Å². The molecule has 0 atom stereocenters. The van der Waals surface area contributed by atoms with Gasteiger partial charge in [-0.2, -0.15) is 0 Å². The predicted octanol–water partition coefficient (Wildman–Crippen LogP) is 1.90. The van der Waals surface area contributed by atoms with Gasteiger partial charge in [0.2, 0.25) is 0 Å². The van der Waals surface area contributed by atoms with Gasteiger partial charge in [0.15, 0.2) is 0 Å². The van der Waals surface area contributed by atoms with Gasteiger partial charge in [-0.1, -0.05) is 30.3 Å². The highest BCUT2D eigenvalue weighted by Gasteiger charge is 2.18. The molecule has 1 saturated heterocycles. The summed E-state index contributed by atoms with van der Waals surface area (Å²) in [5, 5.41) is 3.30. The lowest BCUT2D eigenvalue weighted by atomic mass is 10.2. The third-order valence-electron chi connectivity index (χ3n) is 3.66. The molecule has 1 heterocycles. The van der Waals surface area contributed by atoms with E-state index in [4.69, 9.17) is 0 Å². The van der Waals surface area contributed by atoms with Gasteiger partial charge in [-0.15, -0.1) is 0 Å². The third-order valence-corrected chi connectivity index (χ3v) is 5.04. The number of rotatable bonds is 4. The Morgan fingerprint density at radius 3 is 2.27 bits per heavy atom. The number of para-hydroxylation sites is 2. The van der Waals surface area contributed by atoms with Gasteiger partial charge in [0.1, 0.15) is 0 Å². The lowest BCUT2D eigenvalue weighted by Crippen LogP contribution is -2.43. The quantitative estimate of drug-likeness (QED) is 0.904. The normalized spacial score (nSPS) is 15.5. The summed E-state index contributed by atoms with van der Waals surface area (Å²) in [5.74, 6) is 0. The summed E-state index contributed by atoms with van der Waals surface area (Å²) >= 11 is 0. The van der Waals surface area contributed by atoms with Crippen molar-refractivity contribution in [2.24, 2.45) is 0 Å². The lowest BCUT2D eigenvalue weighted by molar-refractivity contribution is 0.589. The zero-order valence-electron chi connectivity index (χ0n) is 12.2. The zero-order chi connectivity index (χ0) is 15.4. The smallest absolute Gasteiger partial charge is 0.261 e. The Hall–Kier alpha value is -2.05. The van der Waals surface area contributed by atoms with Crippen molar-refractivity contribution < 1.29 is 8.42 Å². The van der Waals surface area contributed by atoms with Crippen LogP contribution in [-0.4, -0.2) is 34.6 Å². The second kappa shape index (κ2) is 6.37. The van der Waals surface area contributed by atoms with Gasteiger partial charge in [0.25, 0.3) is 10.0 Å². The number of piperazine rings is 1. The number of nitrogens with zero attached hydrogens (tertiary/aromatic N) is 1. The maximum Gasteiger partial charge on any atom is 0.261 e. The van der Waals surface area contributed by atoms with Crippen LogP contribution in [0.25, 0.3) is 0 Å². The highest BCUT2D eigenvalue weighted by atomic mass is 32.2. The molecule has 1 fully saturated rings. The first-order valence-corrected chi connectivity index (χ1v) is 8.78. The monoisotopic (exact) mass is 317 g/mol. The van der Waals surface area contributed by atoms with Crippen LogP contribution in [-0.2, 0) is 10.0 Å². The van der Waals surface area contributed by atoms with Crippen LogP contribution in [0.3, 0.4) is 0 Å². The van der Waals surface area contributed by atoms with Crippen LogP contribution < -0.4 is 14.9 Å². The van der Waals surface area contributed by atoms with Crippen molar-refractivity contribution in [2.45, 2.75) is 4.90 Å². The summed E-state index contributed by atoms with van der Waals surface area (Å²) in [4.78, 5) is 2.46. The highest BCUT2D eigenvalue weighted by Crippen LogP contribution is 2.28. The summed E-state index contributed by atoms with van der Waals surface area (Å²) in [6.45, 7) is 3.54. The first-order valence-electron chi connectivity index (χ1n) is 7.29. The van der Waals surface area contributed by atoms with Crippen molar-refractivity contribution in [3.8, 4) is 0 Å². The van der Waals surface area contributed by atoms with E-state index in [-0.39, 0.29) is 4.90 Å². The Kier molecular flexibility index (Phi) is 4.31.